The van der Waals surface area contributed by atoms with Crippen LogP contribution in [0.25, 0.3) is 0 Å². The van der Waals surface area contributed by atoms with Crippen molar-refractivity contribution in [1.29, 1.82) is 0 Å². The lowest BCUT2D eigenvalue weighted by Gasteiger charge is -2.40. The topological polar surface area (TPSA) is 43.7 Å². The highest BCUT2D eigenvalue weighted by molar-refractivity contribution is 5.36. The summed E-state index contributed by atoms with van der Waals surface area (Å²) in [5.74, 6) is 0. The van der Waals surface area contributed by atoms with Crippen LogP contribution < -0.4 is 0 Å². The summed E-state index contributed by atoms with van der Waals surface area (Å²) in [5, 5.41) is 21.7. The second kappa shape index (κ2) is 6.67. The Morgan fingerprint density at radius 2 is 1.54 bits per heavy atom. The molecule has 3 nitrogen and oxygen atoms in total. The largest absolute Gasteiger partial charge is 0.386 e. The molecule has 3 heteroatoms. The first kappa shape index (κ1) is 17.2. The standard InChI is InChI=1S/C21H27NO2/c1-20(2,23)18-10-6-7-11-19(18)21(24)12-14-22(15-13-21)16-17-8-4-3-5-9-17/h3-11,23-24H,12-16H2,1-2H3. The van der Waals surface area contributed by atoms with Crippen LogP contribution in [0.5, 0.6) is 0 Å². The van der Waals surface area contributed by atoms with Gasteiger partial charge in [-0.3, -0.25) is 4.90 Å². The summed E-state index contributed by atoms with van der Waals surface area (Å²) in [6, 6.07) is 18.2. The third-order valence-corrected chi connectivity index (χ3v) is 5.02. The number of hydrogen-bond acceptors (Lipinski definition) is 3. The summed E-state index contributed by atoms with van der Waals surface area (Å²) >= 11 is 0. The van der Waals surface area contributed by atoms with E-state index in [9.17, 15) is 10.2 Å². The predicted molar refractivity (Wildman–Crippen MR) is 96.5 cm³/mol. The highest BCUT2D eigenvalue weighted by atomic mass is 16.3. The van der Waals surface area contributed by atoms with Gasteiger partial charge in [0.05, 0.1) is 11.2 Å². The van der Waals surface area contributed by atoms with Gasteiger partial charge < -0.3 is 10.2 Å². The van der Waals surface area contributed by atoms with Crippen molar-refractivity contribution in [3.8, 4) is 0 Å². The van der Waals surface area contributed by atoms with Crippen LogP contribution in [-0.4, -0.2) is 28.2 Å². The fourth-order valence-corrected chi connectivity index (χ4v) is 3.61. The summed E-state index contributed by atoms with van der Waals surface area (Å²) in [4.78, 5) is 2.39. The molecule has 0 unspecified atom stereocenters. The summed E-state index contributed by atoms with van der Waals surface area (Å²) < 4.78 is 0. The molecule has 1 aliphatic rings. The summed E-state index contributed by atoms with van der Waals surface area (Å²) in [6.07, 6.45) is 1.37. The van der Waals surface area contributed by atoms with E-state index in [1.807, 2.05) is 30.3 Å². The van der Waals surface area contributed by atoms with Crippen LogP contribution in [0.1, 0.15) is 43.4 Å². The minimum atomic E-state index is -0.951. The Kier molecular flexibility index (Phi) is 4.77. The van der Waals surface area contributed by atoms with Crippen LogP contribution in [0.3, 0.4) is 0 Å². The Hall–Kier alpha value is -1.68. The highest BCUT2D eigenvalue weighted by Gasteiger charge is 2.37. The summed E-state index contributed by atoms with van der Waals surface area (Å²) in [7, 11) is 0. The van der Waals surface area contributed by atoms with Gasteiger partial charge in [-0.05, 0) is 43.4 Å². The Labute approximate surface area is 144 Å². The number of likely N-dealkylation sites (tertiary alicyclic amines) is 1. The first-order valence-corrected chi connectivity index (χ1v) is 8.69. The van der Waals surface area contributed by atoms with Crippen molar-refractivity contribution in [2.24, 2.45) is 0 Å². The maximum Gasteiger partial charge on any atom is 0.0924 e. The smallest absolute Gasteiger partial charge is 0.0924 e. The van der Waals surface area contributed by atoms with Crippen LogP contribution in [0.4, 0.5) is 0 Å². The van der Waals surface area contributed by atoms with E-state index in [0.29, 0.717) is 12.8 Å². The number of hydrogen-bond donors (Lipinski definition) is 2. The molecule has 0 bridgehead atoms. The molecule has 0 aliphatic carbocycles. The number of rotatable bonds is 4. The van der Waals surface area contributed by atoms with Gasteiger partial charge in [-0.15, -0.1) is 0 Å². The molecule has 0 saturated carbocycles. The molecular weight excluding hydrogens is 298 g/mol. The fourth-order valence-electron chi connectivity index (χ4n) is 3.61. The van der Waals surface area contributed by atoms with Crippen LogP contribution in [0.15, 0.2) is 54.6 Å². The second-order valence-electron chi connectivity index (χ2n) is 7.40. The Morgan fingerprint density at radius 1 is 0.958 bits per heavy atom. The Balaban J connectivity index is 1.74. The molecule has 2 N–H and O–H groups in total. The third-order valence-electron chi connectivity index (χ3n) is 5.02. The fraction of sp³-hybridized carbons (Fsp3) is 0.429. The van der Waals surface area contributed by atoms with E-state index in [1.165, 1.54) is 5.56 Å². The zero-order valence-electron chi connectivity index (χ0n) is 14.6. The van der Waals surface area contributed by atoms with Gasteiger partial charge in [-0.1, -0.05) is 54.6 Å². The van der Waals surface area contributed by atoms with Crippen molar-refractivity contribution in [3.05, 3.63) is 71.3 Å². The van der Waals surface area contributed by atoms with E-state index in [-0.39, 0.29) is 0 Å². The number of aliphatic hydroxyl groups is 2. The first-order valence-electron chi connectivity index (χ1n) is 8.69. The molecule has 0 radical (unpaired) electrons. The first-order chi connectivity index (χ1) is 11.4. The molecule has 2 aromatic carbocycles. The van der Waals surface area contributed by atoms with Gasteiger partial charge in [0, 0.05) is 19.6 Å². The van der Waals surface area contributed by atoms with Crippen molar-refractivity contribution in [2.75, 3.05) is 13.1 Å². The predicted octanol–water partition coefficient (Wildman–Crippen LogP) is 3.40. The molecule has 1 fully saturated rings. The monoisotopic (exact) mass is 325 g/mol. The van der Waals surface area contributed by atoms with E-state index in [2.05, 4.69) is 29.2 Å². The number of nitrogens with zero attached hydrogens (tertiary/aromatic N) is 1. The quantitative estimate of drug-likeness (QED) is 0.905. The van der Waals surface area contributed by atoms with Gasteiger partial charge in [-0.25, -0.2) is 0 Å². The van der Waals surface area contributed by atoms with Gasteiger partial charge in [0.15, 0.2) is 0 Å². The van der Waals surface area contributed by atoms with Crippen LogP contribution in [0, 0.1) is 0 Å². The normalized spacial score (nSPS) is 18.5. The van der Waals surface area contributed by atoms with E-state index in [0.717, 1.165) is 30.8 Å². The average molecular weight is 325 g/mol. The van der Waals surface area contributed by atoms with E-state index >= 15 is 0 Å². The SMILES string of the molecule is CC(C)(O)c1ccccc1C1(O)CCN(Cc2ccccc2)CC1. The molecule has 1 aliphatic heterocycles. The van der Waals surface area contributed by atoms with Crippen molar-refractivity contribution < 1.29 is 10.2 Å². The summed E-state index contributed by atoms with van der Waals surface area (Å²) in [6.45, 7) is 6.18. The van der Waals surface area contributed by atoms with Crippen molar-refractivity contribution >= 4 is 0 Å². The van der Waals surface area contributed by atoms with E-state index < -0.39 is 11.2 Å². The molecule has 0 aromatic heterocycles. The highest BCUT2D eigenvalue weighted by Crippen LogP contribution is 2.38. The molecule has 128 valence electrons. The van der Waals surface area contributed by atoms with Gasteiger partial charge >= 0.3 is 0 Å². The third kappa shape index (κ3) is 3.69. The van der Waals surface area contributed by atoms with Gasteiger partial charge in [-0.2, -0.15) is 0 Å². The number of piperidine rings is 1. The molecule has 2 aromatic rings. The summed E-state index contributed by atoms with van der Waals surface area (Å²) in [5.41, 5.74) is 1.19. The lowest BCUT2D eigenvalue weighted by atomic mass is 9.78. The lowest BCUT2D eigenvalue weighted by Crippen LogP contribution is -2.43. The van der Waals surface area contributed by atoms with Gasteiger partial charge in [0.2, 0.25) is 0 Å². The van der Waals surface area contributed by atoms with Crippen LogP contribution >= 0.6 is 0 Å². The van der Waals surface area contributed by atoms with E-state index in [4.69, 9.17) is 0 Å². The van der Waals surface area contributed by atoms with Gasteiger partial charge in [0.25, 0.3) is 0 Å². The molecule has 3 rings (SSSR count). The molecule has 0 atom stereocenters. The second-order valence-corrected chi connectivity index (χ2v) is 7.40. The minimum absolute atomic E-state index is 0.687. The molecular formula is C21H27NO2. The Morgan fingerprint density at radius 3 is 2.17 bits per heavy atom. The van der Waals surface area contributed by atoms with Crippen molar-refractivity contribution in [1.82, 2.24) is 4.90 Å². The van der Waals surface area contributed by atoms with Gasteiger partial charge in [0.1, 0.15) is 0 Å². The van der Waals surface area contributed by atoms with Crippen LogP contribution in [0.2, 0.25) is 0 Å². The molecule has 1 saturated heterocycles. The molecule has 24 heavy (non-hydrogen) atoms. The maximum atomic E-state index is 11.2. The Bertz CT molecular complexity index is 668. The van der Waals surface area contributed by atoms with Crippen molar-refractivity contribution in [2.45, 2.75) is 44.4 Å². The van der Waals surface area contributed by atoms with Crippen LogP contribution in [-0.2, 0) is 17.7 Å². The molecule has 0 amide bonds. The van der Waals surface area contributed by atoms with E-state index in [1.54, 1.807) is 13.8 Å². The zero-order chi connectivity index (χ0) is 17.2. The number of benzene rings is 2. The maximum absolute atomic E-state index is 11.2. The molecule has 1 heterocycles. The molecule has 0 spiro atoms. The minimum Gasteiger partial charge on any atom is -0.386 e. The lowest BCUT2D eigenvalue weighted by molar-refractivity contribution is -0.0324. The van der Waals surface area contributed by atoms with Crippen molar-refractivity contribution in [3.63, 3.8) is 0 Å². The zero-order valence-corrected chi connectivity index (χ0v) is 14.6. The average Bonchev–Trinajstić information content (AvgIpc) is 2.57.